The van der Waals surface area contributed by atoms with Crippen molar-refractivity contribution in [3.8, 4) is 0 Å². The molecule has 1 aliphatic rings. The highest BCUT2D eigenvalue weighted by atomic mass is 35.5. The highest BCUT2D eigenvalue weighted by Crippen LogP contribution is 2.27. The minimum absolute atomic E-state index is 0.0635. The smallest absolute Gasteiger partial charge is 0.275 e. The molecule has 0 unspecified atom stereocenters. The standard InChI is InChI=1S/C16H13ClFN3O5S2/c17-15-4-2-11(27-15)6-8-28(25,26)19-13-5-7-20(16(13)22)14-3-1-10(21(23)24)9-12(14)18/h1-5,9,19H,6-8H2. The van der Waals surface area contributed by atoms with Gasteiger partial charge in [-0.05, 0) is 30.7 Å². The lowest BCUT2D eigenvalue weighted by molar-refractivity contribution is -0.385. The van der Waals surface area contributed by atoms with E-state index in [-0.39, 0.29) is 30.1 Å². The largest absolute Gasteiger partial charge is 0.300 e. The molecule has 0 saturated heterocycles. The van der Waals surface area contributed by atoms with Gasteiger partial charge >= 0.3 is 0 Å². The second kappa shape index (κ2) is 7.86. The fraction of sp³-hybridized carbons (Fsp3) is 0.188. The van der Waals surface area contributed by atoms with Crippen molar-refractivity contribution in [3.05, 3.63) is 67.2 Å². The summed E-state index contributed by atoms with van der Waals surface area (Å²) in [5.41, 5.74) is -0.813. The number of thiophene rings is 1. The Morgan fingerprint density at radius 3 is 2.68 bits per heavy atom. The predicted molar refractivity (Wildman–Crippen MR) is 103 cm³/mol. The number of nitro benzene ring substituents is 1. The summed E-state index contributed by atoms with van der Waals surface area (Å²) in [5, 5.41) is 10.7. The molecular formula is C16H13ClFN3O5S2. The van der Waals surface area contributed by atoms with E-state index in [2.05, 4.69) is 4.72 Å². The molecule has 28 heavy (non-hydrogen) atoms. The van der Waals surface area contributed by atoms with Gasteiger partial charge in [-0.15, -0.1) is 11.3 Å². The van der Waals surface area contributed by atoms with Crippen LogP contribution in [0.2, 0.25) is 4.34 Å². The number of amides is 1. The highest BCUT2D eigenvalue weighted by molar-refractivity contribution is 7.89. The van der Waals surface area contributed by atoms with Gasteiger partial charge in [0.2, 0.25) is 10.0 Å². The quantitative estimate of drug-likeness (QED) is 0.520. The molecule has 12 heteroatoms. The molecule has 3 rings (SSSR count). The molecule has 0 saturated carbocycles. The van der Waals surface area contributed by atoms with E-state index in [0.29, 0.717) is 10.4 Å². The summed E-state index contributed by atoms with van der Waals surface area (Å²) >= 11 is 7.08. The maximum atomic E-state index is 14.1. The second-order valence-electron chi connectivity index (χ2n) is 5.80. The molecule has 1 aromatic carbocycles. The van der Waals surface area contributed by atoms with Gasteiger partial charge < -0.3 is 4.90 Å². The lowest BCUT2D eigenvalue weighted by atomic mass is 10.2. The third-order valence-corrected chi connectivity index (χ3v) is 6.46. The molecule has 0 spiro atoms. The number of aryl methyl sites for hydroxylation is 1. The molecule has 1 aromatic heterocycles. The first kappa shape index (κ1) is 20.2. The second-order valence-corrected chi connectivity index (χ2v) is 9.44. The number of nitrogens with zero attached hydrogens (tertiary/aromatic N) is 2. The SMILES string of the molecule is O=C1C(NS(=O)(=O)CCc2ccc(Cl)s2)=CCN1c1ccc([N+](=O)[O-])cc1F. The van der Waals surface area contributed by atoms with Crippen molar-refractivity contribution in [3.63, 3.8) is 0 Å². The summed E-state index contributed by atoms with van der Waals surface area (Å²) in [6.45, 7) is -0.0635. The number of hydrogen-bond acceptors (Lipinski definition) is 6. The van der Waals surface area contributed by atoms with Gasteiger partial charge in [-0.3, -0.25) is 19.6 Å². The Balaban J connectivity index is 1.67. The number of nitrogens with one attached hydrogen (secondary N) is 1. The number of carbonyl (C=O) groups is 1. The average Bonchev–Trinajstić information content (AvgIpc) is 3.19. The Morgan fingerprint density at radius 2 is 2.07 bits per heavy atom. The summed E-state index contributed by atoms with van der Waals surface area (Å²) in [6, 6.07) is 6.27. The normalized spacial score (nSPS) is 14.3. The molecule has 0 aliphatic carbocycles. The lowest BCUT2D eigenvalue weighted by Gasteiger charge is -2.17. The molecule has 0 fully saturated rings. The number of halogens is 2. The van der Waals surface area contributed by atoms with Gasteiger partial charge in [0.1, 0.15) is 5.70 Å². The van der Waals surface area contributed by atoms with Crippen LogP contribution in [0.4, 0.5) is 15.8 Å². The van der Waals surface area contributed by atoms with Crippen LogP contribution in [-0.4, -0.2) is 31.5 Å². The third-order valence-electron chi connectivity index (χ3n) is 3.90. The molecule has 2 heterocycles. The van der Waals surface area contributed by atoms with Crippen LogP contribution >= 0.6 is 22.9 Å². The van der Waals surface area contributed by atoms with Crippen LogP contribution in [0.15, 0.2) is 42.1 Å². The van der Waals surface area contributed by atoms with E-state index in [1.165, 1.54) is 17.4 Å². The Bertz CT molecular complexity index is 1080. The summed E-state index contributed by atoms with van der Waals surface area (Å²) in [5.74, 6) is -1.94. The average molecular weight is 446 g/mol. The molecule has 148 valence electrons. The number of benzene rings is 1. The van der Waals surface area contributed by atoms with Gasteiger partial charge in [0.05, 0.1) is 26.8 Å². The van der Waals surface area contributed by atoms with E-state index in [4.69, 9.17) is 11.6 Å². The summed E-state index contributed by atoms with van der Waals surface area (Å²) in [4.78, 5) is 24.2. The third kappa shape index (κ3) is 4.49. The van der Waals surface area contributed by atoms with Crippen molar-refractivity contribution in [2.24, 2.45) is 0 Å². The molecule has 1 amide bonds. The van der Waals surface area contributed by atoms with Crippen molar-refractivity contribution in [2.45, 2.75) is 6.42 Å². The topological polar surface area (TPSA) is 110 Å². The first-order chi connectivity index (χ1) is 13.2. The minimum Gasteiger partial charge on any atom is -0.300 e. The highest BCUT2D eigenvalue weighted by Gasteiger charge is 2.30. The Hall–Kier alpha value is -2.50. The predicted octanol–water partition coefficient (Wildman–Crippen LogP) is 2.84. The van der Waals surface area contributed by atoms with Crippen LogP contribution in [0.1, 0.15) is 4.88 Å². The van der Waals surface area contributed by atoms with Crippen LogP contribution in [0, 0.1) is 15.9 Å². The fourth-order valence-corrected chi connectivity index (χ4v) is 4.87. The number of non-ortho nitro benzene ring substituents is 1. The summed E-state index contributed by atoms with van der Waals surface area (Å²) < 4.78 is 41.4. The molecule has 8 nitrogen and oxygen atoms in total. The summed E-state index contributed by atoms with van der Waals surface area (Å²) in [6.07, 6.45) is 1.55. The van der Waals surface area contributed by atoms with Crippen LogP contribution in [0.3, 0.4) is 0 Å². The van der Waals surface area contributed by atoms with Crippen molar-refractivity contribution in [1.29, 1.82) is 0 Å². The minimum atomic E-state index is -3.81. The van der Waals surface area contributed by atoms with E-state index in [1.807, 2.05) is 0 Å². The Morgan fingerprint density at radius 1 is 1.32 bits per heavy atom. The Labute approximate surface area is 168 Å². The lowest BCUT2D eigenvalue weighted by Crippen LogP contribution is -2.34. The van der Waals surface area contributed by atoms with Gasteiger partial charge in [-0.1, -0.05) is 11.6 Å². The Kier molecular flexibility index (Phi) is 5.68. The monoisotopic (exact) mass is 445 g/mol. The van der Waals surface area contributed by atoms with Crippen LogP contribution in [-0.2, 0) is 21.2 Å². The number of anilines is 1. The maximum absolute atomic E-state index is 14.1. The number of nitro groups is 1. The zero-order chi connectivity index (χ0) is 20.5. The molecule has 0 atom stereocenters. The zero-order valence-corrected chi connectivity index (χ0v) is 16.5. The zero-order valence-electron chi connectivity index (χ0n) is 14.1. The van der Waals surface area contributed by atoms with E-state index >= 15 is 0 Å². The van der Waals surface area contributed by atoms with Crippen molar-refractivity contribution >= 4 is 50.2 Å². The van der Waals surface area contributed by atoms with Crippen LogP contribution in [0.5, 0.6) is 0 Å². The fourth-order valence-electron chi connectivity index (χ4n) is 2.56. The van der Waals surface area contributed by atoms with E-state index < -0.39 is 32.4 Å². The van der Waals surface area contributed by atoms with Gasteiger partial charge in [0.25, 0.3) is 11.6 Å². The number of rotatable bonds is 7. The number of sulfonamides is 1. The van der Waals surface area contributed by atoms with Gasteiger partial charge in [-0.2, -0.15) is 0 Å². The van der Waals surface area contributed by atoms with Gasteiger partial charge in [0, 0.05) is 17.5 Å². The van der Waals surface area contributed by atoms with Crippen LogP contribution in [0.25, 0.3) is 0 Å². The molecular weight excluding hydrogens is 433 g/mol. The first-order valence-corrected chi connectivity index (χ1v) is 10.7. The van der Waals surface area contributed by atoms with Crippen molar-refractivity contribution in [1.82, 2.24) is 4.72 Å². The van der Waals surface area contributed by atoms with E-state index in [9.17, 15) is 27.7 Å². The summed E-state index contributed by atoms with van der Waals surface area (Å²) in [7, 11) is -3.81. The first-order valence-electron chi connectivity index (χ1n) is 7.87. The molecule has 2 aromatic rings. The van der Waals surface area contributed by atoms with E-state index in [0.717, 1.165) is 21.9 Å². The maximum Gasteiger partial charge on any atom is 0.275 e. The van der Waals surface area contributed by atoms with E-state index in [1.54, 1.807) is 12.1 Å². The number of hydrogen-bond donors (Lipinski definition) is 1. The van der Waals surface area contributed by atoms with Gasteiger partial charge in [-0.25, -0.2) is 12.8 Å². The molecule has 1 N–H and O–H groups in total. The molecule has 0 radical (unpaired) electrons. The molecule has 1 aliphatic heterocycles. The van der Waals surface area contributed by atoms with Crippen molar-refractivity contribution in [2.75, 3.05) is 17.2 Å². The number of carbonyl (C=O) groups excluding carboxylic acids is 1. The van der Waals surface area contributed by atoms with Crippen LogP contribution < -0.4 is 9.62 Å². The van der Waals surface area contributed by atoms with Gasteiger partial charge in [0.15, 0.2) is 5.82 Å². The van der Waals surface area contributed by atoms with Crippen molar-refractivity contribution < 1.29 is 22.5 Å². The molecule has 0 bridgehead atoms.